The first kappa shape index (κ1) is 15.1. The quantitative estimate of drug-likeness (QED) is 0.623. The normalized spacial score (nSPS) is 18.3. The molecule has 7 nitrogen and oxygen atoms in total. The monoisotopic (exact) mass is 295 g/mol. The van der Waals surface area contributed by atoms with Gasteiger partial charge in [-0.3, -0.25) is 0 Å². The van der Waals surface area contributed by atoms with Gasteiger partial charge in [0.1, 0.15) is 0 Å². The summed E-state index contributed by atoms with van der Waals surface area (Å²) in [5, 5.41) is 0. The van der Waals surface area contributed by atoms with E-state index in [9.17, 15) is 13.2 Å². The maximum atomic E-state index is 11.7. The molecule has 4 N–H and O–H groups in total. The summed E-state index contributed by atoms with van der Waals surface area (Å²) >= 11 is 4.91. The van der Waals surface area contributed by atoms with E-state index in [-0.39, 0.29) is 11.6 Å². The van der Waals surface area contributed by atoms with Crippen LogP contribution in [-0.2, 0) is 14.9 Å². The SMILES string of the molecule is CCOC(=O)NS(=O)(=O)NC1(C(N)=S)CCCC1. The van der Waals surface area contributed by atoms with Gasteiger partial charge in [0.05, 0.1) is 17.1 Å². The Morgan fingerprint density at radius 2 is 2.00 bits per heavy atom. The number of carbonyl (C=O) groups excluding carboxylic acids is 1. The van der Waals surface area contributed by atoms with Gasteiger partial charge in [0.25, 0.3) is 0 Å². The molecule has 1 fully saturated rings. The van der Waals surface area contributed by atoms with Crippen molar-refractivity contribution in [1.29, 1.82) is 0 Å². The Balaban J connectivity index is 2.75. The molecule has 1 aliphatic rings. The lowest BCUT2D eigenvalue weighted by atomic mass is 10.00. The van der Waals surface area contributed by atoms with Crippen LogP contribution in [-0.4, -0.2) is 31.6 Å². The van der Waals surface area contributed by atoms with Crippen molar-refractivity contribution in [2.24, 2.45) is 5.73 Å². The molecule has 0 aromatic carbocycles. The molecular weight excluding hydrogens is 278 g/mol. The minimum atomic E-state index is -4.03. The van der Waals surface area contributed by atoms with Crippen LogP contribution in [0, 0.1) is 0 Å². The fourth-order valence-electron chi connectivity index (χ4n) is 1.93. The molecule has 18 heavy (non-hydrogen) atoms. The van der Waals surface area contributed by atoms with E-state index in [1.54, 1.807) is 11.6 Å². The van der Waals surface area contributed by atoms with E-state index in [0.29, 0.717) is 12.8 Å². The highest BCUT2D eigenvalue weighted by Gasteiger charge is 2.40. The van der Waals surface area contributed by atoms with E-state index in [4.69, 9.17) is 18.0 Å². The third-order valence-electron chi connectivity index (χ3n) is 2.75. The highest BCUT2D eigenvalue weighted by Crippen LogP contribution is 2.30. The summed E-state index contributed by atoms with van der Waals surface area (Å²) in [6.45, 7) is 1.66. The molecule has 0 unspecified atom stereocenters. The Morgan fingerprint density at radius 3 is 2.44 bits per heavy atom. The van der Waals surface area contributed by atoms with Gasteiger partial charge in [-0.05, 0) is 19.8 Å². The Bertz CT molecular complexity index is 429. The Morgan fingerprint density at radius 1 is 1.44 bits per heavy atom. The summed E-state index contributed by atoms with van der Waals surface area (Å²) in [6.07, 6.45) is 1.71. The van der Waals surface area contributed by atoms with Gasteiger partial charge >= 0.3 is 16.3 Å². The lowest BCUT2D eigenvalue weighted by Crippen LogP contribution is -2.58. The number of ether oxygens (including phenoxy) is 1. The Kier molecular flexibility index (Phi) is 4.88. The molecular formula is C9H17N3O4S2. The van der Waals surface area contributed by atoms with E-state index in [1.807, 2.05) is 0 Å². The van der Waals surface area contributed by atoms with Gasteiger partial charge in [-0.15, -0.1) is 0 Å². The standard InChI is InChI=1S/C9H17N3O4S2/c1-2-16-8(13)11-18(14,15)12-9(7(10)17)5-3-4-6-9/h12H,2-6H2,1H3,(H2,10,17)(H,11,13). The fourth-order valence-corrected chi connectivity index (χ4v) is 3.41. The second kappa shape index (κ2) is 5.81. The molecule has 0 aliphatic heterocycles. The first-order valence-corrected chi connectivity index (χ1v) is 7.49. The zero-order valence-electron chi connectivity index (χ0n) is 10.1. The van der Waals surface area contributed by atoms with Crippen LogP contribution in [0.25, 0.3) is 0 Å². The van der Waals surface area contributed by atoms with Crippen molar-refractivity contribution in [3.63, 3.8) is 0 Å². The average molecular weight is 295 g/mol. The third-order valence-corrected chi connectivity index (χ3v) is 4.24. The van der Waals surface area contributed by atoms with Gasteiger partial charge in [0.2, 0.25) is 0 Å². The van der Waals surface area contributed by atoms with E-state index in [1.165, 1.54) is 0 Å². The van der Waals surface area contributed by atoms with Crippen molar-refractivity contribution in [2.75, 3.05) is 6.61 Å². The van der Waals surface area contributed by atoms with Gasteiger partial charge in [0, 0.05) is 0 Å². The largest absolute Gasteiger partial charge is 0.449 e. The van der Waals surface area contributed by atoms with E-state index in [0.717, 1.165) is 12.8 Å². The van der Waals surface area contributed by atoms with Crippen LogP contribution in [0.5, 0.6) is 0 Å². The predicted molar refractivity (Wildman–Crippen MR) is 70.2 cm³/mol. The lowest BCUT2D eigenvalue weighted by Gasteiger charge is -2.28. The van der Waals surface area contributed by atoms with Crippen molar-refractivity contribution in [3.05, 3.63) is 0 Å². The lowest BCUT2D eigenvalue weighted by molar-refractivity contribution is 0.158. The Hall–Kier alpha value is -0.930. The highest BCUT2D eigenvalue weighted by molar-refractivity contribution is 7.88. The fraction of sp³-hybridized carbons (Fsp3) is 0.778. The minimum Gasteiger partial charge on any atom is -0.449 e. The maximum absolute atomic E-state index is 11.7. The first-order chi connectivity index (χ1) is 8.31. The van der Waals surface area contributed by atoms with Crippen molar-refractivity contribution in [3.8, 4) is 0 Å². The molecule has 0 heterocycles. The van der Waals surface area contributed by atoms with Crippen molar-refractivity contribution < 1.29 is 17.9 Å². The molecule has 0 bridgehead atoms. The molecule has 0 atom stereocenters. The van der Waals surface area contributed by atoms with Crippen molar-refractivity contribution in [2.45, 2.75) is 38.1 Å². The number of hydrogen-bond acceptors (Lipinski definition) is 5. The van der Waals surface area contributed by atoms with Crippen LogP contribution in [0.4, 0.5) is 4.79 Å². The molecule has 1 saturated carbocycles. The molecule has 0 aromatic rings. The van der Waals surface area contributed by atoms with Crippen LogP contribution in [0.3, 0.4) is 0 Å². The topological polar surface area (TPSA) is 111 Å². The second-order valence-electron chi connectivity index (χ2n) is 4.08. The van der Waals surface area contributed by atoms with E-state index < -0.39 is 21.8 Å². The molecule has 1 aliphatic carbocycles. The molecule has 0 spiro atoms. The van der Waals surface area contributed by atoms with Gasteiger partial charge in [-0.1, -0.05) is 25.1 Å². The predicted octanol–water partition coefficient (Wildman–Crippen LogP) is 0.166. The van der Waals surface area contributed by atoms with Crippen LogP contribution in [0.1, 0.15) is 32.6 Å². The molecule has 9 heteroatoms. The van der Waals surface area contributed by atoms with Gasteiger partial charge < -0.3 is 10.5 Å². The summed E-state index contributed by atoms with van der Waals surface area (Å²) in [5.41, 5.74) is 4.65. The minimum absolute atomic E-state index is 0.0851. The number of rotatable bonds is 5. The third kappa shape index (κ3) is 3.79. The van der Waals surface area contributed by atoms with Crippen molar-refractivity contribution >= 4 is 33.5 Å². The van der Waals surface area contributed by atoms with E-state index in [2.05, 4.69) is 9.46 Å². The summed E-state index contributed by atoms with van der Waals surface area (Å²) in [7, 11) is -4.03. The molecule has 1 rings (SSSR count). The summed E-state index contributed by atoms with van der Waals surface area (Å²) in [5.74, 6) is 0. The van der Waals surface area contributed by atoms with Crippen molar-refractivity contribution in [1.82, 2.24) is 9.44 Å². The molecule has 104 valence electrons. The zero-order chi connectivity index (χ0) is 13.8. The highest BCUT2D eigenvalue weighted by atomic mass is 32.2. The number of thiocarbonyl (C=S) groups is 1. The molecule has 0 aromatic heterocycles. The maximum Gasteiger partial charge on any atom is 0.421 e. The number of carbonyl (C=O) groups is 1. The van der Waals surface area contributed by atoms with Gasteiger partial charge in [0.15, 0.2) is 0 Å². The van der Waals surface area contributed by atoms with Crippen LogP contribution in [0.2, 0.25) is 0 Å². The van der Waals surface area contributed by atoms with E-state index >= 15 is 0 Å². The number of hydrogen-bond donors (Lipinski definition) is 3. The zero-order valence-corrected chi connectivity index (χ0v) is 11.7. The summed E-state index contributed by atoms with van der Waals surface area (Å²) in [6, 6.07) is 0. The molecule has 0 radical (unpaired) electrons. The smallest absolute Gasteiger partial charge is 0.421 e. The average Bonchev–Trinajstić information content (AvgIpc) is 2.65. The Labute approximate surface area is 112 Å². The van der Waals surface area contributed by atoms with Gasteiger partial charge in [-0.2, -0.15) is 13.1 Å². The first-order valence-electron chi connectivity index (χ1n) is 5.60. The summed E-state index contributed by atoms with van der Waals surface area (Å²) < 4.78 is 32.1. The number of nitrogens with one attached hydrogen (secondary N) is 2. The van der Waals surface area contributed by atoms with Gasteiger partial charge in [-0.25, -0.2) is 9.52 Å². The molecule has 0 saturated heterocycles. The van der Waals surface area contributed by atoms with Crippen LogP contribution < -0.4 is 15.2 Å². The molecule has 1 amide bonds. The second-order valence-corrected chi connectivity index (χ2v) is 5.94. The van der Waals surface area contributed by atoms with Crippen LogP contribution in [0.15, 0.2) is 0 Å². The number of amides is 1. The summed E-state index contributed by atoms with van der Waals surface area (Å²) in [4.78, 5) is 11.2. The number of nitrogens with two attached hydrogens (primary N) is 1. The van der Waals surface area contributed by atoms with Crippen LogP contribution >= 0.6 is 12.2 Å².